The summed E-state index contributed by atoms with van der Waals surface area (Å²) in [5.41, 5.74) is 1.74. The summed E-state index contributed by atoms with van der Waals surface area (Å²) in [5, 5.41) is 0. The second-order valence-corrected chi connectivity index (χ2v) is 8.29. The summed E-state index contributed by atoms with van der Waals surface area (Å²) in [7, 11) is 0. The van der Waals surface area contributed by atoms with Gasteiger partial charge in [0.2, 0.25) is 0 Å². The lowest BCUT2D eigenvalue weighted by atomic mass is 9.78. The van der Waals surface area contributed by atoms with E-state index in [0.29, 0.717) is 5.54 Å². The van der Waals surface area contributed by atoms with Crippen LogP contribution in [-0.4, -0.2) is 65.5 Å². The van der Waals surface area contributed by atoms with Crippen molar-refractivity contribution in [2.24, 2.45) is 5.92 Å². The van der Waals surface area contributed by atoms with Gasteiger partial charge in [0.05, 0.1) is 5.54 Å². The molecular weight excluding hydrogens is 270 g/mol. The second-order valence-electron chi connectivity index (χ2n) is 8.29. The third kappa shape index (κ3) is 3.21. The zero-order valence-electron chi connectivity index (χ0n) is 15.0. The van der Waals surface area contributed by atoms with Crippen LogP contribution in [0.1, 0.15) is 52.9 Å². The van der Waals surface area contributed by atoms with Crippen LogP contribution >= 0.6 is 0 Å². The van der Waals surface area contributed by atoms with Gasteiger partial charge >= 0.3 is 0 Å². The topological polar surface area (TPSA) is 9.72 Å². The first-order valence-electron chi connectivity index (χ1n) is 9.40. The normalized spacial score (nSPS) is 27.4. The number of rotatable bonds is 4. The van der Waals surface area contributed by atoms with Gasteiger partial charge in [-0.1, -0.05) is 13.0 Å². The summed E-state index contributed by atoms with van der Waals surface area (Å²) in [6, 6.07) is 0.720. The molecule has 0 amide bonds. The van der Waals surface area contributed by atoms with Crippen LogP contribution in [0.25, 0.3) is 0 Å². The van der Waals surface area contributed by atoms with Gasteiger partial charge in [0.15, 0.2) is 0 Å². The van der Waals surface area contributed by atoms with Gasteiger partial charge in [-0.15, -0.1) is 0 Å². The van der Waals surface area contributed by atoms with Crippen LogP contribution in [0.5, 0.6) is 0 Å². The van der Waals surface area contributed by atoms with Crippen molar-refractivity contribution in [1.29, 1.82) is 0 Å². The molecule has 0 bridgehead atoms. The van der Waals surface area contributed by atoms with Crippen molar-refractivity contribution >= 4 is 0 Å². The molecule has 1 spiro atoms. The lowest BCUT2D eigenvalue weighted by molar-refractivity contribution is -0.0722. The molecule has 0 radical (unpaired) electrons. The molecule has 3 aliphatic rings. The molecule has 3 nitrogen and oxygen atoms in total. The summed E-state index contributed by atoms with van der Waals surface area (Å²) in [6.07, 6.45) is 7.03. The van der Waals surface area contributed by atoms with Crippen LogP contribution in [0.4, 0.5) is 0 Å². The minimum Gasteiger partial charge on any atom is -0.372 e. The van der Waals surface area contributed by atoms with Crippen LogP contribution in [0.15, 0.2) is 12.3 Å². The number of hydrogen-bond donors (Lipinski definition) is 0. The minimum absolute atomic E-state index is 0.492. The minimum atomic E-state index is 0.492. The Balaban J connectivity index is 1.54. The predicted molar refractivity (Wildman–Crippen MR) is 94.0 cm³/mol. The zero-order chi connectivity index (χ0) is 15.7. The van der Waals surface area contributed by atoms with Crippen molar-refractivity contribution in [1.82, 2.24) is 14.7 Å². The zero-order valence-corrected chi connectivity index (χ0v) is 15.0. The number of allylic oxidation sites excluding steroid dienone is 1. The Labute approximate surface area is 137 Å². The molecule has 3 aliphatic heterocycles. The summed E-state index contributed by atoms with van der Waals surface area (Å²) >= 11 is 0. The van der Waals surface area contributed by atoms with Gasteiger partial charge in [0.25, 0.3) is 0 Å². The fourth-order valence-corrected chi connectivity index (χ4v) is 4.69. The third-order valence-corrected chi connectivity index (χ3v) is 6.36. The standard InChI is InChI=1S/C19H35N3/c1-16(2)20-11-7-18(8-12-20)13-22-10-6-5-9-19(22)14-21(15-19)17(3)4/h16,18H,3,5-15H2,1-2,4H3. The van der Waals surface area contributed by atoms with E-state index in [-0.39, 0.29) is 0 Å². The Morgan fingerprint density at radius 1 is 1.14 bits per heavy atom. The summed E-state index contributed by atoms with van der Waals surface area (Å²) in [6.45, 7) is 18.7. The smallest absolute Gasteiger partial charge is 0.0559 e. The number of nitrogens with zero attached hydrogens (tertiary/aromatic N) is 3. The molecule has 126 valence electrons. The lowest BCUT2D eigenvalue weighted by Gasteiger charge is -2.60. The van der Waals surface area contributed by atoms with Crippen molar-refractivity contribution in [3.8, 4) is 0 Å². The SMILES string of the molecule is C=C(C)N1CC2(CCCCN2CC2CCN(C(C)C)CC2)C1. The van der Waals surface area contributed by atoms with E-state index in [1.54, 1.807) is 0 Å². The van der Waals surface area contributed by atoms with Gasteiger partial charge in [0, 0.05) is 31.4 Å². The van der Waals surface area contributed by atoms with E-state index in [0.717, 1.165) is 12.0 Å². The average Bonchev–Trinajstić information content (AvgIpc) is 2.46. The van der Waals surface area contributed by atoms with Crippen LogP contribution in [0, 0.1) is 5.92 Å². The molecule has 3 saturated heterocycles. The van der Waals surface area contributed by atoms with Crippen LogP contribution in [0.2, 0.25) is 0 Å². The molecule has 0 saturated carbocycles. The lowest BCUT2D eigenvalue weighted by Crippen LogP contribution is -2.71. The Morgan fingerprint density at radius 2 is 1.82 bits per heavy atom. The molecule has 0 aromatic rings. The second kappa shape index (κ2) is 6.52. The monoisotopic (exact) mass is 305 g/mol. The maximum atomic E-state index is 4.12. The summed E-state index contributed by atoms with van der Waals surface area (Å²) in [4.78, 5) is 7.99. The first-order chi connectivity index (χ1) is 10.5. The predicted octanol–water partition coefficient (Wildman–Crippen LogP) is 3.18. The van der Waals surface area contributed by atoms with Gasteiger partial charge in [-0.05, 0) is 72.0 Å². The van der Waals surface area contributed by atoms with Gasteiger partial charge in [-0.25, -0.2) is 0 Å². The molecule has 3 fully saturated rings. The van der Waals surface area contributed by atoms with Gasteiger partial charge < -0.3 is 9.80 Å². The molecule has 0 N–H and O–H groups in total. The Kier molecular flexibility index (Phi) is 4.84. The Bertz CT molecular complexity index is 389. The van der Waals surface area contributed by atoms with E-state index < -0.39 is 0 Å². The van der Waals surface area contributed by atoms with Crippen molar-refractivity contribution in [2.75, 3.05) is 39.3 Å². The van der Waals surface area contributed by atoms with Crippen LogP contribution < -0.4 is 0 Å². The largest absolute Gasteiger partial charge is 0.372 e. The molecule has 3 heterocycles. The fourth-order valence-electron chi connectivity index (χ4n) is 4.69. The molecule has 0 aromatic heterocycles. The first kappa shape index (κ1) is 16.3. The molecule has 0 atom stereocenters. The molecule has 3 rings (SSSR count). The Hall–Kier alpha value is -0.540. The van der Waals surface area contributed by atoms with E-state index in [4.69, 9.17) is 0 Å². The molecule has 0 aromatic carbocycles. The van der Waals surface area contributed by atoms with Gasteiger partial charge in [-0.3, -0.25) is 4.90 Å². The van der Waals surface area contributed by atoms with Crippen molar-refractivity contribution in [3.63, 3.8) is 0 Å². The van der Waals surface area contributed by atoms with Crippen molar-refractivity contribution in [3.05, 3.63) is 12.3 Å². The number of hydrogen-bond acceptors (Lipinski definition) is 3. The van der Waals surface area contributed by atoms with Gasteiger partial charge in [0.1, 0.15) is 0 Å². The maximum absolute atomic E-state index is 4.12. The molecule has 0 unspecified atom stereocenters. The number of likely N-dealkylation sites (tertiary alicyclic amines) is 3. The van der Waals surface area contributed by atoms with Crippen molar-refractivity contribution in [2.45, 2.75) is 64.5 Å². The highest BCUT2D eigenvalue weighted by atomic mass is 15.4. The van der Waals surface area contributed by atoms with E-state index in [1.165, 1.54) is 77.1 Å². The van der Waals surface area contributed by atoms with E-state index in [1.807, 2.05) is 0 Å². The number of piperidine rings is 2. The maximum Gasteiger partial charge on any atom is 0.0559 e. The summed E-state index contributed by atoms with van der Waals surface area (Å²) in [5.74, 6) is 0.920. The fraction of sp³-hybridized carbons (Fsp3) is 0.895. The van der Waals surface area contributed by atoms with Crippen LogP contribution in [-0.2, 0) is 0 Å². The Morgan fingerprint density at radius 3 is 2.41 bits per heavy atom. The quantitative estimate of drug-likeness (QED) is 0.790. The first-order valence-corrected chi connectivity index (χ1v) is 9.40. The van der Waals surface area contributed by atoms with Crippen molar-refractivity contribution < 1.29 is 0 Å². The highest BCUT2D eigenvalue weighted by Gasteiger charge is 2.48. The summed E-state index contributed by atoms with van der Waals surface area (Å²) < 4.78 is 0. The molecule has 0 aliphatic carbocycles. The molecule has 3 heteroatoms. The third-order valence-electron chi connectivity index (χ3n) is 6.36. The van der Waals surface area contributed by atoms with Crippen LogP contribution in [0.3, 0.4) is 0 Å². The van der Waals surface area contributed by atoms with E-state index in [2.05, 4.69) is 42.0 Å². The average molecular weight is 306 g/mol. The van der Waals surface area contributed by atoms with E-state index in [9.17, 15) is 0 Å². The highest BCUT2D eigenvalue weighted by Crippen LogP contribution is 2.39. The molecular formula is C19H35N3. The highest BCUT2D eigenvalue weighted by molar-refractivity contribution is 5.12. The molecule has 22 heavy (non-hydrogen) atoms. The van der Waals surface area contributed by atoms with Gasteiger partial charge in [-0.2, -0.15) is 0 Å². The van der Waals surface area contributed by atoms with E-state index >= 15 is 0 Å².